The summed E-state index contributed by atoms with van der Waals surface area (Å²) in [6.07, 6.45) is -0.489. The summed E-state index contributed by atoms with van der Waals surface area (Å²) in [5, 5.41) is 18.8. The maximum Gasteiger partial charge on any atom is 0.151 e. The number of carboxylic acid groups (broad SMARTS) is 1. The zero-order chi connectivity index (χ0) is 7.44. The van der Waals surface area contributed by atoms with Crippen LogP contribution in [-0.4, -0.2) is 23.2 Å². The molecule has 0 spiro atoms. The molecule has 0 saturated heterocycles. The van der Waals surface area contributed by atoms with Crippen molar-refractivity contribution < 1.29 is 20.7 Å². The summed E-state index contributed by atoms with van der Waals surface area (Å²) in [7, 11) is 0. The maximum absolute atomic E-state index is 9.97. The Morgan fingerprint density at radius 1 is 1.89 bits per heavy atom. The van der Waals surface area contributed by atoms with Gasteiger partial charge in [0.2, 0.25) is 0 Å². The lowest BCUT2D eigenvalue weighted by atomic mass is 10.1. The monoisotopic (exact) mass is 133 g/mol. The summed E-state index contributed by atoms with van der Waals surface area (Å²) in [6, 6.07) is -1.00. The fourth-order valence-electron chi connectivity index (χ4n) is 0.442. The van der Waals surface area contributed by atoms with Gasteiger partial charge in [-0.05, 0) is 6.42 Å². The van der Waals surface area contributed by atoms with Crippen LogP contribution in [0.4, 0.5) is 0 Å². The standard InChI is InChI=1S/C5H11NO3/c1-2-3(7)4(6)5(8)9/h3-4,7H,2,6H2,1H3,(H,8,9)/t3-,4-/m0/s1. The first-order valence-electron chi connectivity index (χ1n) is 2.81. The summed E-state index contributed by atoms with van der Waals surface area (Å²) in [4.78, 5) is 9.97. The van der Waals surface area contributed by atoms with E-state index in [2.05, 4.69) is 5.73 Å². The molecule has 2 atom stereocenters. The first kappa shape index (κ1) is 8.39. The number of quaternary nitrogens is 1. The molecule has 9 heavy (non-hydrogen) atoms. The van der Waals surface area contributed by atoms with Crippen molar-refractivity contribution in [1.82, 2.24) is 0 Å². The molecule has 4 heteroatoms. The van der Waals surface area contributed by atoms with Gasteiger partial charge in [-0.3, -0.25) is 0 Å². The zero-order valence-corrected chi connectivity index (χ0v) is 5.33. The Bertz CT molecular complexity index is 104. The zero-order valence-electron chi connectivity index (χ0n) is 5.33. The summed E-state index contributed by atoms with van der Waals surface area (Å²) < 4.78 is 0. The number of aliphatic hydroxyl groups excluding tert-OH is 1. The fourth-order valence-corrected chi connectivity index (χ4v) is 0.442. The van der Waals surface area contributed by atoms with Gasteiger partial charge in [-0.25, -0.2) is 0 Å². The van der Waals surface area contributed by atoms with Gasteiger partial charge in [-0.2, -0.15) is 0 Å². The molecule has 0 aliphatic carbocycles. The number of carboxylic acids is 1. The number of aliphatic carboxylic acids is 1. The van der Waals surface area contributed by atoms with E-state index in [0.29, 0.717) is 6.42 Å². The van der Waals surface area contributed by atoms with Gasteiger partial charge >= 0.3 is 0 Å². The van der Waals surface area contributed by atoms with E-state index in [9.17, 15) is 9.90 Å². The molecule has 0 aliphatic rings. The highest BCUT2D eigenvalue weighted by molar-refractivity contribution is 5.69. The number of hydrogen-bond acceptors (Lipinski definition) is 3. The smallest absolute Gasteiger partial charge is 0.151 e. The number of rotatable bonds is 3. The lowest BCUT2D eigenvalue weighted by Crippen LogP contribution is -2.73. The molecule has 0 rings (SSSR count). The third kappa shape index (κ3) is 2.43. The van der Waals surface area contributed by atoms with Crippen molar-refractivity contribution in [3.8, 4) is 0 Å². The van der Waals surface area contributed by atoms with Crippen LogP contribution < -0.4 is 10.8 Å². The first-order chi connectivity index (χ1) is 4.09. The molecule has 0 heterocycles. The molecule has 0 aromatic rings. The van der Waals surface area contributed by atoms with Crippen molar-refractivity contribution in [2.75, 3.05) is 0 Å². The molecule has 0 bridgehead atoms. The molecule has 0 aliphatic heterocycles. The van der Waals surface area contributed by atoms with E-state index >= 15 is 0 Å². The van der Waals surface area contributed by atoms with Gasteiger partial charge < -0.3 is 20.7 Å². The lowest BCUT2D eigenvalue weighted by Gasteiger charge is -2.13. The minimum absolute atomic E-state index is 0.391. The van der Waals surface area contributed by atoms with Gasteiger partial charge in [0.15, 0.2) is 6.04 Å². The minimum Gasteiger partial charge on any atom is -0.544 e. The molecule has 0 aromatic heterocycles. The molecule has 54 valence electrons. The van der Waals surface area contributed by atoms with Crippen molar-refractivity contribution in [3.63, 3.8) is 0 Å². The van der Waals surface area contributed by atoms with Crippen molar-refractivity contribution in [2.24, 2.45) is 0 Å². The Kier molecular flexibility index (Phi) is 3.19. The van der Waals surface area contributed by atoms with Crippen LogP contribution >= 0.6 is 0 Å². The van der Waals surface area contributed by atoms with Gasteiger partial charge in [-0.1, -0.05) is 6.92 Å². The van der Waals surface area contributed by atoms with Crippen LogP contribution in [0, 0.1) is 0 Å². The molecule has 0 fully saturated rings. The largest absolute Gasteiger partial charge is 0.544 e. The maximum atomic E-state index is 9.97. The summed E-state index contributed by atoms with van der Waals surface area (Å²) in [6.45, 7) is 1.69. The van der Waals surface area contributed by atoms with Crippen LogP contribution in [-0.2, 0) is 4.79 Å². The SMILES string of the molecule is CC[C@H](O)[C@H]([NH3+])C(=O)[O-]. The fraction of sp³-hybridized carbons (Fsp3) is 0.800. The molecule has 0 radical (unpaired) electrons. The van der Waals surface area contributed by atoms with Gasteiger partial charge in [0.05, 0.1) is 0 Å². The van der Waals surface area contributed by atoms with E-state index in [1.54, 1.807) is 6.92 Å². The minimum atomic E-state index is -1.30. The van der Waals surface area contributed by atoms with Crippen molar-refractivity contribution in [2.45, 2.75) is 25.5 Å². The topological polar surface area (TPSA) is 88.0 Å². The van der Waals surface area contributed by atoms with E-state index < -0.39 is 18.1 Å². The first-order valence-corrected chi connectivity index (χ1v) is 2.81. The second-order valence-corrected chi connectivity index (χ2v) is 1.90. The number of carbonyl (C=O) groups is 1. The molecule has 4 N–H and O–H groups in total. The van der Waals surface area contributed by atoms with Gasteiger partial charge in [-0.15, -0.1) is 0 Å². The Morgan fingerprint density at radius 2 is 2.33 bits per heavy atom. The summed E-state index contributed by atoms with van der Waals surface area (Å²) >= 11 is 0. The number of aliphatic hydroxyl groups is 1. The number of hydrogen-bond donors (Lipinski definition) is 2. The predicted molar refractivity (Wildman–Crippen MR) is 28.0 cm³/mol. The Balaban J connectivity index is 3.72. The molecule has 0 saturated carbocycles. The van der Waals surface area contributed by atoms with E-state index in [0.717, 1.165) is 0 Å². The highest BCUT2D eigenvalue weighted by atomic mass is 16.4. The van der Waals surface area contributed by atoms with E-state index in [1.165, 1.54) is 0 Å². The van der Waals surface area contributed by atoms with E-state index in [4.69, 9.17) is 5.11 Å². The third-order valence-corrected chi connectivity index (χ3v) is 1.19. The van der Waals surface area contributed by atoms with Crippen LogP contribution in [0.3, 0.4) is 0 Å². The predicted octanol–water partition coefficient (Wildman–Crippen LogP) is -2.88. The molecule has 0 aromatic carbocycles. The van der Waals surface area contributed by atoms with Crippen molar-refractivity contribution in [3.05, 3.63) is 0 Å². The Labute approximate surface area is 53.3 Å². The molecular formula is C5H11NO3. The van der Waals surface area contributed by atoms with Crippen LogP contribution in [0.25, 0.3) is 0 Å². The normalized spacial score (nSPS) is 16.8. The highest BCUT2D eigenvalue weighted by Gasteiger charge is 2.16. The average molecular weight is 133 g/mol. The lowest BCUT2D eigenvalue weighted by molar-refractivity contribution is -0.451. The van der Waals surface area contributed by atoms with E-state index in [-0.39, 0.29) is 0 Å². The molecular weight excluding hydrogens is 122 g/mol. The third-order valence-electron chi connectivity index (χ3n) is 1.19. The van der Waals surface area contributed by atoms with Crippen molar-refractivity contribution in [1.29, 1.82) is 0 Å². The number of carbonyl (C=O) groups excluding carboxylic acids is 1. The van der Waals surface area contributed by atoms with Crippen molar-refractivity contribution >= 4 is 5.97 Å². The molecule has 0 unspecified atom stereocenters. The Morgan fingerprint density at radius 3 is 2.44 bits per heavy atom. The Hall–Kier alpha value is -0.610. The van der Waals surface area contributed by atoms with Gasteiger partial charge in [0.25, 0.3) is 0 Å². The second kappa shape index (κ2) is 3.42. The summed E-state index contributed by atoms with van der Waals surface area (Å²) in [5.74, 6) is -1.30. The highest BCUT2D eigenvalue weighted by Crippen LogP contribution is 1.91. The second-order valence-electron chi connectivity index (χ2n) is 1.90. The van der Waals surface area contributed by atoms with Crippen LogP contribution in [0.1, 0.15) is 13.3 Å². The molecule has 0 amide bonds. The van der Waals surface area contributed by atoms with Gasteiger partial charge in [0.1, 0.15) is 12.1 Å². The van der Waals surface area contributed by atoms with Crippen LogP contribution in [0.5, 0.6) is 0 Å². The average Bonchev–Trinajstić information content (AvgIpc) is 1.84. The van der Waals surface area contributed by atoms with E-state index in [1.807, 2.05) is 0 Å². The summed E-state index contributed by atoms with van der Waals surface area (Å²) in [5.41, 5.74) is 3.20. The van der Waals surface area contributed by atoms with Crippen LogP contribution in [0.15, 0.2) is 0 Å². The van der Waals surface area contributed by atoms with Crippen LogP contribution in [0.2, 0.25) is 0 Å². The van der Waals surface area contributed by atoms with Gasteiger partial charge in [0, 0.05) is 0 Å². The molecule has 4 nitrogen and oxygen atoms in total. The quantitative estimate of drug-likeness (QED) is 0.433.